The highest BCUT2D eigenvalue weighted by atomic mass is 16.6. The van der Waals surface area contributed by atoms with Crippen LogP contribution in [-0.4, -0.2) is 12.8 Å². The predicted molar refractivity (Wildman–Crippen MR) is 75.4 cm³/mol. The molecule has 5 heteroatoms. The van der Waals surface area contributed by atoms with Crippen molar-refractivity contribution in [1.82, 2.24) is 0 Å². The summed E-state index contributed by atoms with van der Waals surface area (Å²) in [6.07, 6.45) is 6.15. The van der Waals surface area contributed by atoms with Crippen LogP contribution in [0.5, 0.6) is 0 Å². The van der Waals surface area contributed by atoms with Gasteiger partial charge in [-0.3, -0.25) is 0 Å². The summed E-state index contributed by atoms with van der Waals surface area (Å²) < 4.78 is 0. The van der Waals surface area contributed by atoms with Gasteiger partial charge in [0.2, 0.25) is 0 Å². The minimum absolute atomic E-state index is 0.471. The summed E-state index contributed by atoms with van der Waals surface area (Å²) in [5.74, 6) is 0.471. The Bertz CT molecular complexity index is 483. The Kier molecular flexibility index (Phi) is 4.81. The van der Waals surface area contributed by atoms with Gasteiger partial charge < -0.3 is 4.84 Å². The van der Waals surface area contributed by atoms with Crippen LogP contribution in [-0.2, 0) is 4.84 Å². The maximum atomic E-state index is 8.40. The van der Waals surface area contributed by atoms with E-state index in [2.05, 4.69) is 15.2 Å². The summed E-state index contributed by atoms with van der Waals surface area (Å²) in [6, 6.07) is 7.50. The minimum Gasteiger partial charge on any atom is -0.399 e. The van der Waals surface area contributed by atoms with Crippen molar-refractivity contribution in [3.63, 3.8) is 0 Å². The quantitative estimate of drug-likeness (QED) is 0.256. The number of rotatable bonds is 4. The molecule has 0 unspecified atom stereocenters. The van der Waals surface area contributed by atoms with Crippen LogP contribution in [0.1, 0.15) is 37.7 Å². The van der Waals surface area contributed by atoms with Gasteiger partial charge in [0.1, 0.15) is 7.11 Å². The molecule has 0 saturated heterocycles. The largest absolute Gasteiger partial charge is 0.399 e. The maximum Gasteiger partial charge on any atom is 0.106 e. The molecule has 5 nitrogen and oxygen atoms in total. The van der Waals surface area contributed by atoms with Crippen LogP contribution in [0.2, 0.25) is 0 Å². The average Bonchev–Trinajstić information content (AvgIpc) is 2.47. The molecule has 0 N–H and O–H groups in total. The summed E-state index contributed by atoms with van der Waals surface area (Å²) in [4.78, 5) is 7.77. The maximum absolute atomic E-state index is 8.40. The second-order valence-corrected chi connectivity index (χ2v) is 4.73. The summed E-state index contributed by atoms with van der Waals surface area (Å²) >= 11 is 0. The standard InChI is InChI=1S/C14H18N4O/c1-19-17-14(11-5-3-2-4-6-11)12-7-9-13(10-8-12)16-18-15/h7-11H,2-6H2,1H3. The molecule has 1 fully saturated rings. The fourth-order valence-corrected chi connectivity index (χ4v) is 2.59. The first-order chi connectivity index (χ1) is 9.35. The smallest absolute Gasteiger partial charge is 0.106 e. The third-order valence-corrected chi connectivity index (χ3v) is 3.50. The van der Waals surface area contributed by atoms with Gasteiger partial charge in [0.15, 0.2) is 0 Å². The minimum atomic E-state index is 0.471. The van der Waals surface area contributed by atoms with E-state index in [1.165, 1.54) is 32.1 Å². The van der Waals surface area contributed by atoms with Gasteiger partial charge in [-0.2, -0.15) is 0 Å². The molecule has 2 rings (SSSR count). The summed E-state index contributed by atoms with van der Waals surface area (Å²) in [7, 11) is 1.58. The second kappa shape index (κ2) is 6.81. The number of oxime groups is 1. The molecule has 0 spiro atoms. The first-order valence-electron chi connectivity index (χ1n) is 6.61. The number of nitrogens with zero attached hydrogens (tertiary/aromatic N) is 4. The van der Waals surface area contributed by atoms with Crippen molar-refractivity contribution >= 4 is 11.4 Å². The third kappa shape index (κ3) is 3.48. The van der Waals surface area contributed by atoms with E-state index < -0.39 is 0 Å². The van der Waals surface area contributed by atoms with Gasteiger partial charge in [-0.15, -0.1) is 0 Å². The lowest BCUT2D eigenvalue weighted by Crippen LogP contribution is -2.19. The highest BCUT2D eigenvalue weighted by molar-refractivity contribution is 6.02. The topological polar surface area (TPSA) is 70.4 Å². The summed E-state index contributed by atoms with van der Waals surface area (Å²) in [6.45, 7) is 0. The van der Waals surface area contributed by atoms with Crippen LogP contribution < -0.4 is 0 Å². The number of benzene rings is 1. The van der Waals surface area contributed by atoms with E-state index in [4.69, 9.17) is 10.4 Å². The summed E-state index contributed by atoms with van der Waals surface area (Å²) in [5, 5.41) is 7.78. The third-order valence-electron chi connectivity index (χ3n) is 3.50. The van der Waals surface area contributed by atoms with Gasteiger partial charge in [0, 0.05) is 16.5 Å². The molecule has 0 aromatic heterocycles. The van der Waals surface area contributed by atoms with Gasteiger partial charge >= 0.3 is 0 Å². The molecule has 1 aliphatic rings. The van der Waals surface area contributed by atoms with Crippen molar-refractivity contribution in [2.24, 2.45) is 16.2 Å². The average molecular weight is 258 g/mol. The Morgan fingerprint density at radius 2 is 1.89 bits per heavy atom. The van der Waals surface area contributed by atoms with Crippen molar-refractivity contribution in [3.8, 4) is 0 Å². The highest BCUT2D eigenvalue weighted by Crippen LogP contribution is 2.28. The Hall–Kier alpha value is -2.00. The Morgan fingerprint density at radius 1 is 1.21 bits per heavy atom. The highest BCUT2D eigenvalue weighted by Gasteiger charge is 2.21. The van der Waals surface area contributed by atoms with Gasteiger partial charge in [-0.05, 0) is 23.9 Å². The zero-order valence-corrected chi connectivity index (χ0v) is 11.1. The fraction of sp³-hybridized carbons (Fsp3) is 0.500. The molecule has 0 radical (unpaired) electrons. The normalized spacial score (nSPS) is 16.8. The molecule has 1 aliphatic carbocycles. The van der Waals surface area contributed by atoms with Crippen molar-refractivity contribution in [1.29, 1.82) is 0 Å². The Balaban J connectivity index is 2.23. The molecule has 19 heavy (non-hydrogen) atoms. The van der Waals surface area contributed by atoms with Crippen LogP contribution in [0.3, 0.4) is 0 Å². The zero-order chi connectivity index (χ0) is 13.5. The fourth-order valence-electron chi connectivity index (χ4n) is 2.59. The van der Waals surface area contributed by atoms with E-state index >= 15 is 0 Å². The molecule has 0 atom stereocenters. The first-order valence-corrected chi connectivity index (χ1v) is 6.61. The predicted octanol–water partition coefficient (Wildman–Crippen LogP) is 4.56. The Labute approximate surface area is 112 Å². The van der Waals surface area contributed by atoms with Crippen LogP contribution >= 0.6 is 0 Å². The number of azide groups is 1. The molecule has 1 aromatic rings. The molecule has 0 bridgehead atoms. The Morgan fingerprint density at radius 3 is 2.47 bits per heavy atom. The van der Waals surface area contributed by atoms with Crippen molar-refractivity contribution in [2.45, 2.75) is 32.1 Å². The van der Waals surface area contributed by atoms with Crippen molar-refractivity contribution in [2.75, 3.05) is 7.11 Å². The lowest BCUT2D eigenvalue weighted by Gasteiger charge is -2.23. The van der Waals surface area contributed by atoms with Crippen molar-refractivity contribution < 1.29 is 4.84 Å². The van der Waals surface area contributed by atoms with E-state index in [1.807, 2.05) is 24.3 Å². The molecule has 1 aromatic carbocycles. The molecular weight excluding hydrogens is 240 g/mol. The van der Waals surface area contributed by atoms with Gasteiger partial charge in [-0.1, -0.05) is 53.8 Å². The van der Waals surface area contributed by atoms with E-state index in [-0.39, 0.29) is 0 Å². The van der Waals surface area contributed by atoms with E-state index in [0.717, 1.165) is 11.3 Å². The first kappa shape index (κ1) is 13.4. The van der Waals surface area contributed by atoms with Crippen LogP contribution in [0, 0.1) is 5.92 Å². The SMILES string of the molecule is CON=C(c1ccc(N=[N+]=[N-])cc1)C1CCCCC1. The molecular formula is C14H18N4O. The van der Waals surface area contributed by atoms with Crippen LogP contribution in [0.25, 0.3) is 10.4 Å². The lowest BCUT2D eigenvalue weighted by molar-refractivity contribution is 0.210. The second-order valence-electron chi connectivity index (χ2n) is 4.73. The lowest BCUT2D eigenvalue weighted by atomic mass is 9.83. The van der Waals surface area contributed by atoms with E-state index in [9.17, 15) is 0 Å². The van der Waals surface area contributed by atoms with Gasteiger partial charge in [0.25, 0.3) is 0 Å². The number of hydrogen-bond donors (Lipinski definition) is 0. The zero-order valence-electron chi connectivity index (χ0n) is 11.1. The van der Waals surface area contributed by atoms with Gasteiger partial charge in [0.05, 0.1) is 5.71 Å². The van der Waals surface area contributed by atoms with Crippen molar-refractivity contribution in [3.05, 3.63) is 40.3 Å². The number of hydrogen-bond acceptors (Lipinski definition) is 3. The van der Waals surface area contributed by atoms with E-state index in [1.54, 1.807) is 7.11 Å². The van der Waals surface area contributed by atoms with Crippen LogP contribution in [0.4, 0.5) is 5.69 Å². The molecule has 100 valence electrons. The molecule has 0 amide bonds. The van der Waals surface area contributed by atoms with Crippen LogP contribution in [0.15, 0.2) is 34.5 Å². The molecule has 1 saturated carbocycles. The summed E-state index contributed by atoms with van der Waals surface area (Å²) in [5.41, 5.74) is 11.1. The van der Waals surface area contributed by atoms with E-state index in [0.29, 0.717) is 11.6 Å². The van der Waals surface area contributed by atoms with Gasteiger partial charge in [-0.25, -0.2) is 0 Å². The molecule has 0 heterocycles. The monoisotopic (exact) mass is 258 g/mol. The molecule has 0 aliphatic heterocycles.